The van der Waals surface area contributed by atoms with Gasteiger partial charge in [-0.15, -0.1) is 0 Å². The highest BCUT2D eigenvalue weighted by Gasteiger charge is 2.16. The molecule has 1 amide bonds. The minimum atomic E-state index is -0.246. The molecule has 2 aromatic carbocycles. The van der Waals surface area contributed by atoms with Gasteiger partial charge in [0.25, 0.3) is 11.8 Å². The quantitative estimate of drug-likeness (QED) is 0.566. The largest absolute Gasteiger partial charge is 0.486 e. The Kier molecular flexibility index (Phi) is 3.94. The lowest BCUT2D eigenvalue weighted by atomic mass is 10.1. The third kappa shape index (κ3) is 3.05. The molecule has 1 aliphatic rings. The number of hydrogen-bond acceptors (Lipinski definition) is 8. The summed E-state index contributed by atoms with van der Waals surface area (Å²) in [6.45, 7) is 2.80. The van der Waals surface area contributed by atoms with E-state index in [1.54, 1.807) is 31.2 Å². The van der Waals surface area contributed by atoms with Crippen molar-refractivity contribution in [2.75, 3.05) is 18.5 Å². The summed E-state index contributed by atoms with van der Waals surface area (Å²) in [6, 6.07) is 10.7. The van der Waals surface area contributed by atoms with Gasteiger partial charge in [0.05, 0.1) is 10.2 Å². The van der Waals surface area contributed by atoms with Crippen LogP contribution in [0.2, 0.25) is 0 Å². The Morgan fingerprint density at radius 1 is 1.07 bits per heavy atom. The molecule has 140 valence electrons. The predicted molar refractivity (Wildman–Crippen MR) is 103 cm³/mol. The number of nitrogens with one attached hydrogen (secondary N) is 1. The first-order valence-corrected chi connectivity index (χ1v) is 9.40. The Balaban J connectivity index is 1.36. The number of benzene rings is 2. The van der Waals surface area contributed by atoms with Gasteiger partial charge < -0.3 is 14.0 Å². The van der Waals surface area contributed by atoms with Crippen molar-refractivity contribution in [2.45, 2.75) is 6.92 Å². The topological polar surface area (TPSA) is 99.4 Å². The molecule has 1 N–H and O–H groups in total. The summed E-state index contributed by atoms with van der Waals surface area (Å²) in [7, 11) is 0. The Bertz CT molecular complexity index is 1140. The molecular formula is C19H14N4O4S. The highest BCUT2D eigenvalue weighted by molar-refractivity contribution is 7.22. The number of aryl methyl sites for hydroxylation is 1. The smallest absolute Gasteiger partial charge is 0.257 e. The molecule has 0 spiro atoms. The SMILES string of the molecule is Cc1noc(-c2ccc(C(=O)Nc3nc4cc5c(cc4s3)OCCO5)cc2)n1. The van der Waals surface area contributed by atoms with Gasteiger partial charge in [0, 0.05) is 23.3 Å². The number of amides is 1. The number of ether oxygens (including phenoxy) is 2. The predicted octanol–water partition coefficient (Wildman–Crippen LogP) is 3.68. The molecule has 1 aliphatic heterocycles. The highest BCUT2D eigenvalue weighted by atomic mass is 32.1. The average molecular weight is 394 g/mol. The molecule has 2 aromatic heterocycles. The van der Waals surface area contributed by atoms with Gasteiger partial charge >= 0.3 is 0 Å². The van der Waals surface area contributed by atoms with Crippen LogP contribution in [-0.4, -0.2) is 34.2 Å². The zero-order valence-electron chi connectivity index (χ0n) is 14.8. The van der Waals surface area contributed by atoms with Crippen molar-refractivity contribution in [1.82, 2.24) is 15.1 Å². The second-order valence-electron chi connectivity index (χ2n) is 6.16. The zero-order chi connectivity index (χ0) is 19.1. The maximum atomic E-state index is 12.6. The first-order valence-electron chi connectivity index (χ1n) is 8.58. The van der Waals surface area contributed by atoms with Crippen LogP contribution in [-0.2, 0) is 0 Å². The van der Waals surface area contributed by atoms with E-state index in [-0.39, 0.29) is 5.91 Å². The van der Waals surface area contributed by atoms with E-state index in [0.717, 1.165) is 15.8 Å². The third-order valence-corrected chi connectivity index (χ3v) is 5.13. The molecule has 0 saturated carbocycles. The van der Waals surface area contributed by atoms with Crippen molar-refractivity contribution in [3.8, 4) is 23.0 Å². The Morgan fingerprint density at radius 3 is 2.54 bits per heavy atom. The molecule has 9 heteroatoms. The number of rotatable bonds is 3. The van der Waals surface area contributed by atoms with Gasteiger partial charge in [-0.25, -0.2) is 4.98 Å². The summed E-state index contributed by atoms with van der Waals surface area (Å²) in [5, 5.41) is 7.12. The zero-order valence-corrected chi connectivity index (χ0v) is 15.6. The Labute approximate surface area is 163 Å². The first-order chi connectivity index (χ1) is 13.7. The molecule has 5 rings (SSSR count). The first kappa shape index (κ1) is 16.7. The van der Waals surface area contributed by atoms with Crippen LogP contribution in [0.5, 0.6) is 11.5 Å². The van der Waals surface area contributed by atoms with Crippen molar-refractivity contribution in [1.29, 1.82) is 0 Å². The van der Waals surface area contributed by atoms with Crippen LogP contribution in [0.15, 0.2) is 40.9 Å². The fraction of sp³-hybridized carbons (Fsp3) is 0.158. The average Bonchev–Trinajstić information content (AvgIpc) is 3.31. The summed E-state index contributed by atoms with van der Waals surface area (Å²) in [6.07, 6.45) is 0. The fourth-order valence-corrected chi connectivity index (χ4v) is 3.74. The number of thiazole rings is 1. The van der Waals surface area contributed by atoms with Gasteiger partial charge in [-0.1, -0.05) is 16.5 Å². The van der Waals surface area contributed by atoms with Crippen molar-refractivity contribution < 1.29 is 18.8 Å². The molecule has 28 heavy (non-hydrogen) atoms. The summed E-state index contributed by atoms with van der Waals surface area (Å²) < 4.78 is 17.2. The van der Waals surface area contributed by atoms with Crippen LogP contribution in [0.4, 0.5) is 5.13 Å². The van der Waals surface area contributed by atoms with E-state index in [9.17, 15) is 4.79 Å². The van der Waals surface area contributed by atoms with Crippen molar-refractivity contribution in [3.05, 3.63) is 47.8 Å². The number of nitrogens with zero attached hydrogens (tertiary/aromatic N) is 3. The van der Waals surface area contributed by atoms with E-state index in [2.05, 4.69) is 20.4 Å². The summed E-state index contributed by atoms with van der Waals surface area (Å²) in [5.74, 6) is 2.11. The summed E-state index contributed by atoms with van der Waals surface area (Å²) in [5.41, 5.74) is 2.01. The van der Waals surface area contributed by atoms with Gasteiger partial charge in [0.1, 0.15) is 13.2 Å². The van der Waals surface area contributed by atoms with Crippen LogP contribution < -0.4 is 14.8 Å². The second-order valence-corrected chi connectivity index (χ2v) is 7.19. The molecule has 4 aromatic rings. The molecule has 0 bridgehead atoms. The van der Waals surface area contributed by atoms with Gasteiger partial charge in [0.15, 0.2) is 22.5 Å². The minimum Gasteiger partial charge on any atom is -0.486 e. The van der Waals surface area contributed by atoms with Crippen LogP contribution in [0, 0.1) is 6.92 Å². The molecule has 0 fully saturated rings. The maximum absolute atomic E-state index is 12.6. The van der Waals surface area contributed by atoms with Gasteiger partial charge in [-0.05, 0) is 31.2 Å². The molecule has 0 aliphatic carbocycles. The molecule has 0 unspecified atom stereocenters. The van der Waals surface area contributed by atoms with Crippen LogP contribution in [0.3, 0.4) is 0 Å². The third-order valence-electron chi connectivity index (χ3n) is 4.19. The van der Waals surface area contributed by atoms with Gasteiger partial charge in [-0.3, -0.25) is 10.1 Å². The van der Waals surface area contributed by atoms with E-state index in [1.807, 2.05) is 12.1 Å². The molecule has 0 atom stereocenters. The van der Waals surface area contributed by atoms with Crippen LogP contribution in [0.25, 0.3) is 21.7 Å². The maximum Gasteiger partial charge on any atom is 0.257 e. The van der Waals surface area contributed by atoms with E-state index in [1.165, 1.54) is 11.3 Å². The van der Waals surface area contributed by atoms with Gasteiger partial charge in [-0.2, -0.15) is 4.98 Å². The normalized spacial score (nSPS) is 12.9. The summed E-state index contributed by atoms with van der Waals surface area (Å²) >= 11 is 1.38. The number of carbonyl (C=O) groups is 1. The Hall–Kier alpha value is -3.46. The van der Waals surface area contributed by atoms with E-state index < -0.39 is 0 Å². The van der Waals surface area contributed by atoms with E-state index in [0.29, 0.717) is 47.1 Å². The minimum absolute atomic E-state index is 0.246. The number of aromatic nitrogens is 3. The standard InChI is InChI=1S/C19H14N4O4S/c1-10-20-18(27-23-10)12-4-2-11(3-5-12)17(24)22-19-21-13-8-14-15(9-16(13)28-19)26-7-6-25-14/h2-5,8-9H,6-7H2,1H3,(H,21,22,24). The fourth-order valence-electron chi connectivity index (χ4n) is 2.87. The van der Waals surface area contributed by atoms with Crippen LogP contribution >= 0.6 is 11.3 Å². The lowest BCUT2D eigenvalue weighted by Gasteiger charge is -2.17. The molecule has 3 heterocycles. The number of anilines is 1. The number of hydrogen-bond donors (Lipinski definition) is 1. The number of fused-ring (bicyclic) bond motifs is 2. The lowest BCUT2D eigenvalue weighted by molar-refractivity contribution is 0.102. The molecule has 0 radical (unpaired) electrons. The lowest BCUT2D eigenvalue weighted by Crippen LogP contribution is -2.15. The van der Waals surface area contributed by atoms with Crippen molar-refractivity contribution >= 4 is 32.6 Å². The van der Waals surface area contributed by atoms with Crippen molar-refractivity contribution in [3.63, 3.8) is 0 Å². The molecular weight excluding hydrogens is 380 g/mol. The van der Waals surface area contributed by atoms with Crippen molar-refractivity contribution in [2.24, 2.45) is 0 Å². The number of carbonyl (C=O) groups excluding carboxylic acids is 1. The Morgan fingerprint density at radius 2 is 1.82 bits per heavy atom. The molecule has 8 nitrogen and oxygen atoms in total. The van der Waals surface area contributed by atoms with E-state index in [4.69, 9.17) is 14.0 Å². The highest BCUT2D eigenvalue weighted by Crippen LogP contribution is 2.37. The summed E-state index contributed by atoms with van der Waals surface area (Å²) in [4.78, 5) is 21.2. The monoisotopic (exact) mass is 394 g/mol. The van der Waals surface area contributed by atoms with Gasteiger partial charge in [0.2, 0.25) is 0 Å². The second kappa shape index (κ2) is 6.61. The van der Waals surface area contributed by atoms with Crippen LogP contribution in [0.1, 0.15) is 16.2 Å². The van der Waals surface area contributed by atoms with E-state index >= 15 is 0 Å². The molecule has 0 saturated heterocycles.